The van der Waals surface area contributed by atoms with Gasteiger partial charge in [0.15, 0.2) is 0 Å². The Morgan fingerprint density at radius 3 is 2.96 bits per heavy atom. The Morgan fingerprint density at radius 2 is 2.21 bits per heavy atom. The van der Waals surface area contributed by atoms with Crippen molar-refractivity contribution in [1.82, 2.24) is 10.3 Å². The molecule has 1 unspecified atom stereocenters. The van der Waals surface area contributed by atoms with Gasteiger partial charge in [0.2, 0.25) is 0 Å². The first-order valence-electron chi connectivity index (χ1n) is 9.08. The van der Waals surface area contributed by atoms with Crippen LogP contribution in [0.1, 0.15) is 23.7 Å². The van der Waals surface area contributed by atoms with Gasteiger partial charge in [-0.25, -0.2) is 0 Å². The van der Waals surface area contributed by atoms with E-state index in [1.165, 1.54) is 4.90 Å². The molecule has 142 valence electrons. The molecule has 3 nitrogen and oxygen atoms in total. The summed E-state index contributed by atoms with van der Waals surface area (Å²) >= 11 is 6.92. The Kier molecular flexibility index (Phi) is 6.42. The molecule has 0 amide bonds. The Balaban J connectivity index is 1.76. The molecule has 0 fully saturated rings. The van der Waals surface area contributed by atoms with Crippen LogP contribution in [0.3, 0.4) is 0 Å². The first-order chi connectivity index (χ1) is 13.7. The maximum absolute atomic E-state index is 11.0. The second-order valence-electron chi connectivity index (χ2n) is 6.51. The van der Waals surface area contributed by atoms with Gasteiger partial charge in [-0.2, -0.15) is 0 Å². The molecule has 3 heterocycles. The van der Waals surface area contributed by atoms with Crippen molar-refractivity contribution in [3.63, 3.8) is 0 Å². The van der Waals surface area contributed by atoms with E-state index in [9.17, 15) is 4.79 Å². The third-order valence-corrected chi connectivity index (χ3v) is 7.11. The number of thiophene rings is 1. The predicted octanol–water partition coefficient (Wildman–Crippen LogP) is 6.06. The van der Waals surface area contributed by atoms with Crippen LogP contribution in [-0.2, 0) is 11.2 Å². The van der Waals surface area contributed by atoms with Gasteiger partial charge in [-0.1, -0.05) is 48.2 Å². The molecule has 0 saturated heterocycles. The molecular formula is C22H19BrN2OS2. The standard InChI is InChI=1S/C22H19BrN2OS2/c23-21-12-18(14-27-21)28-17-11-19(16-5-3-4-15(10-16)7-9-26)22(25-13-17)20-6-1-2-8-24-20/h1,3-6,9-14,20,24H,2,7-8H2. The zero-order valence-corrected chi connectivity index (χ0v) is 18.3. The van der Waals surface area contributed by atoms with E-state index in [4.69, 9.17) is 4.98 Å². The summed E-state index contributed by atoms with van der Waals surface area (Å²) in [5.41, 5.74) is 4.24. The van der Waals surface area contributed by atoms with Crippen LogP contribution < -0.4 is 5.32 Å². The number of nitrogens with zero attached hydrogens (tertiary/aromatic N) is 1. The zero-order chi connectivity index (χ0) is 19.3. The molecule has 0 spiro atoms. The lowest BCUT2D eigenvalue weighted by Gasteiger charge is -2.21. The maximum Gasteiger partial charge on any atom is 0.124 e. The van der Waals surface area contributed by atoms with E-state index >= 15 is 0 Å². The predicted molar refractivity (Wildman–Crippen MR) is 120 cm³/mol. The van der Waals surface area contributed by atoms with Crippen molar-refractivity contribution in [2.75, 3.05) is 6.54 Å². The number of nitrogens with one attached hydrogen (secondary N) is 1. The highest BCUT2D eigenvalue weighted by Gasteiger charge is 2.18. The minimum absolute atomic E-state index is 0.104. The largest absolute Gasteiger partial charge is 0.305 e. The summed E-state index contributed by atoms with van der Waals surface area (Å²) in [5, 5.41) is 5.68. The van der Waals surface area contributed by atoms with Gasteiger partial charge in [0.05, 0.1) is 15.5 Å². The molecule has 28 heavy (non-hydrogen) atoms. The number of carbonyl (C=O) groups excluding carboxylic acids is 1. The first-order valence-corrected chi connectivity index (χ1v) is 11.6. The fourth-order valence-corrected chi connectivity index (χ4v) is 5.56. The van der Waals surface area contributed by atoms with Gasteiger partial charge in [-0.3, -0.25) is 4.98 Å². The summed E-state index contributed by atoms with van der Waals surface area (Å²) in [6, 6.07) is 12.6. The van der Waals surface area contributed by atoms with Crippen molar-refractivity contribution < 1.29 is 4.79 Å². The molecule has 1 atom stereocenters. The number of carbonyl (C=O) groups is 1. The first kappa shape index (κ1) is 19.6. The van der Waals surface area contributed by atoms with E-state index < -0.39 is 0 Å². The Morgan fingerprint density at radius 1 is 1.29 bits per heavy atom. The van der Waals surface area contributed by atoms with Gasteiger partial charge in [0.25, 0.3) is 0 Å². The van der Waals surface area contributed by atoms with E-state index in [1.807, 2.05) is 18.3 Å². The second kappa shape index (κ2) is 9.18. The van der Waals surface area contributed by atoms with Crippen LogP contribution in [0.2, 0.25) is 0 Å². The Bertz CT molecular complexity index is 1020. The van der Waals surface area contributed by atoms with Crippen molar-refractivity contribution in [3.05, 3.63) is 75.2 Å². The van der Waals surface area contributed by atoms with Crippen LogP contribution >= 0.6 is 39.0 Å². The lowest BCUT2D eigenvalue weighted by molar-refractivity contribution is -0.107. The summed E-state index contributed by atoms with van der Waals surface area (Å²) in [5.74, 6) is 0. The molecule has 4 rings (SSSR count). The second-order valence-corrected chi connectivity index (χ2v) is 9.95. The number of benzene rings is 1. The van der Waals surface area contributed by atoms with Crippen molar-refractivity contribution in [1.29, 1.82) is 0 Å². The van der Waals surface area contributed by atoms with E-state index in [0.717, 1.165) is 50.3 Å². The number of aromatic nitrogens is 1. The minimum atomic E-state index is 0.104. The smallest absolute Gasteiger partial charge is 0.124 e. The molecule has 0 bridgehead atoms. The number of hydrogen-bond donors (Lipinski definition) is 1. The SMILES string of the molecule is O=CCc1cccc(-c2cc(Sc3csc(Br)c3)cnc2C2C=CCCN2)c1. The van der Waals surface area contributed by atoms with Gasteiger partial charge in [-0.05, 0) is 52.2 Å². The molecule has 0 saturated carbocycles. The van der Waals surface area contributed by atoms with Crippen molar-refractivity contribution in [2.24, 2.45) is 0 Å². The number of hydrogen-bond acceptors (Lipinski definition) is 5. The average molecular weight is 471 g/mol. The summed E-state index contributed by atoms with van der Waals surface area (Å²) in [6.07, 6.45) is 8.77. The summed E-state index contributed by atoms with van der Waals surface area (Å²) in [7, 11) is 0. The van der Waals surface area contributed by atoms with E-state index in [-0.39, 0.29) is 6.04 Å². The third-order valence-electron chi connectivity index (χ3n) is 4.53. The van der Waals surface area contributed by atoms with Gasteiger partial charge in [0, 0.05) is 33.4 Å². The molecule has 0 aliphatic carbocycles. The molecule has 1 aromatic carbocycles. The molecule has 1 aliphatic rings. The van der Waals surface area contributed by atoms with Crippen LogP contribution in [0.4, 0.5) is 0 Å². The molecule has 3 aromatic rings. The quantitative estimate of drug-likeness (QED) is 0.351. The molecular weight excluding hydrogens is 452 g/mol. The summed E-state index contributed by atoms with van der Waals surface area (Å²) in [4.78, 5) is 18.1. The number of halogens is 1. The highest BCUT2D eigenvalue weighted by molar-refractivity contribution is 9.11. The molecule has 0 radical (unpaired) electrons. The molecule has 6 heteroatoms. The van der Waals surface area contributed by atoms with Crippen molar-refractivity contribution in [3.8, 4) is 11.1 Å². The fourth-order valence-electron chi connectivity index (χ4n) is 3.25. The van der Waals surface area contributed by atoms with Gasteiger partial charge < -0.3 is 10.1 Å². The van der Waals surface area contributed by atoms with Gasteiger partial charge in [-0.15, -0.1) is 11.3 Å². The highest BCUT2D eigenvalue weighted by Crippen LogP contribution is 2.37. The van der Waals surface area contributed by atoms with E-state index in [0.29, 0.717) is 6.42 Å². The van der Waals surface area contributed by atoms with Gasteiger partial charge in [0.1, 0.15) is 6.29 Å². The van der Waals surface area contributed by atoms with Crippen molar-refractivity contribution in [2.45, 2.75) is 28.7 Å². The number of rotatable bonds is 6. The number of aldehydes is 1. The maximum atomic E-state index is 11.0. The third kappa shape index (κ3) is 4.63. The normalized spacial score (nSPS) is 16.2. The van der Waals surface area contributed by atoms with Crippen LogP contribution in [-0.4, -0.2) is 17.8 Å². The summed E-state index contributed by atoms with van der Waals surface area (Å²) in [6.45, 7) is 0.951. The lowest BCUT2D eigenvalue weighted by Crippen LogP contribution is -2.24. The van der Waals surface area contributed by atoms with E-state index in [2.05, 4.69) is 63.0 Å². The average Bonchev–Trinajstić information content (AvgIpc) is 3.14. The number of pyridine rings is 1. The van der Waals surface area contributed by atoms with Crippen LogP contribution in [0.5, 0.6) is 0 Å². The topological polar surface area (TPSA) is 42.0 Å². The summed E-state index contributed by atoms with van der Waals surface area (Å²) < 4.78 is 1.12. The molecule has 1 N–H and O–H groups in total. The minimum Gasteiger partial charge on any atom is -0.305 e. The molecule has 1 aliphatic heterocycles. The fraction of sp³-hybridized carbons (Fsp3) is 0.182. The molecule has 2 aromatic heterocycles. The highest BCUT2D eigenvalue weighted by atomic mass is 79.9. The van der Waals surface area contributed by atoms with Crippen molar-refractivity contribution >= 4 is 45.3 Å². The van der Waals surface area contributed by atoms with Crippen LogP contribution in [0.25, 0.3) is 11.1 Å². The van der Waals surface area contributed by atoms with Crippen LogP contribution in [0, 0.1) is 0 Å². The van der Waals surface area contributed by atoms with Gasteiger partial charge >= 0.3 is 0 Å². The van der Waals surface area contributed by atoms with E-state index in [1.54, 1.807) is 23.1 Å². The zero-order valence-electron chi connectivity index (χ0n) is 15.1. The van der Waals surface area contributed by atoms with Crippen LogP contribution in [0.15, 0.2) is 73.7 Å². The lowest BCUT2D eigenvalue weighted by atomic mass is 9.96. The Hall–Kier alpha value is -1.73. The monoisotopic (exact) mass is 470 g/mol. The Labute approximate surface area is 181 Å².